The third-order valence-electron chi connectivity index (χ3n) is 4.02. The Balaban J connectivity index is 1.89. The summed E-state index contributed by atoms with van der Waals surface area (Å²) in [4.78, 5) is 2.61. The molecule has 0 aliphatic carbocycles. The molecule has 0 unspecified atom stereocenters. The number of fused-ring (bicyclic) bond motifs is 1. The monoisotopic (exact) mass is 246 g/mol. The molecule has 0 radical (unpaired) electrons. The lowest BCUT2D eigenvalue weighted by atomic mass is 9.95. The van der Waals surface area contributed by atoms with Crippen molar-refractivity contribution in [1.29, 1.82) is 0 Å². The number of ether oxygens (including phenoxy) is 1. The average Bonchev–Trinajstić information content (AvgIpc) is 2.92. The van der Waals surface area contributed by atoms with Crippen LogP contribution in [0.1, 0.15) is 36.9 Å². The summed E-state index contributed by atoms with van der Waals surface area (Å²) in [5.41, 5.74) is 2.91. The van der Waals surface area contributed by atoms with Crippen LogP contribution in [0.2, 0.25) is 0 Å². The van der Waals surface area contributed by atoms with Crippen molar-refractivity contribution in [3.05, 3.63) is 29.3 Å². The molecule has 0 amide bonds. The Hall–Kier alpha value is -1.06. The van der Waals surface area contributed by atoms with Crippen LogP contribution < -0.4 is 10.1 Å². The maximum Gasteiger partial charge on any atom is 0.119 e. The second-order valence-corrected chi connectivity index (χ2v) is 5.18. The van der Waals surface area contributed by atoms with Gasteiger partial charge in [0.2, 0.25) is 0 Å². The lowest BCUT2D eigenvalue weighted by Gasteiger charge is -2.33. The molecule has 3 rings (SSSR count). The fourth-order valence-electron chi connectivity index (χ4n) is 3.13. The van der Waals surface area contributed by atoms with E-state index < -0.39 is 0 Å². The number of hydrogen-bond acceptors (Lipinski definition) is 3. The van der Waals surface area contributed by atoms with E-state index in [0.29, 0.717) is 6.04 Å². The molecular weight excluding hydrogens is 224 g/mol. The standard InChI is InChI=1S/C15H22N2O/c1-2-18-13-6-5-12-10-16-11-15(14(12)9-13)17-7-3-4-8-17/h5-6,9,15-16H,2-4,7-8,10-11H2,1H3/t15-/m1/s1. The lowest BCUT2D eigenvalue weighted by Crippen LogP contribution is -2.38. The van der Waals surface area contributed by atoms with Gasteiger partial charge in [0.15, 0.2) is 0 Å². The molecule has 0 saturated carbocycles. The van der Waals surface area contributed by atoms with Crippen molar-refractivity contribution in [3.63, 3.8) is 0 Å². The van der Waals surface area contributed by atoms with Crippen molar-refractivity contribution in [2.75, 3.05) is 26.2 Å². The number of nitrogens with one attached hydrogen (secondary N) is 1. The Morgan fingerprint density at radius 3 is 2.94 bits per heavy atom. The topological polar surface area (TPSA) is 24.5 Å². The summed E-state index contributed by atoms with van der Waals surface area (Å²) in [5, 5.41) is 3.54. The highest BCUT2D eigenvalue weighted by atomic mass is 16.5. The maximum atomic E-state index is 5.64. The van der Waals surface area contributed by atoms with Crippen molar-refractivity contribution in [2.24, 2.45) is 0 Å². The predicted octanol–water partition coefficient (Wildman–Crippen LogP) is 2.33. The molecule has 1 aromatic rings. The van der Waals surface area contributed by atoms with Gasteiger partial charge in [-0.15, -0.1) is 0 Å². The van der Waals surface area contributed by atoms with E-state index in [2.05, 4.69) is 28.4 Å². The van der Waals surface area contributed by atoms with Gasteiger partial charge in [0.25, 0.3) is 0 Å². The second-order valence-electron chi connectivity index (χ2n) is 5.18. The smallest absolute Gasteiger partial charge is 0.119 e. The zero-order valence-electron chi connectivity index (χ0n) is 11.1. The first-order valence-electron chi connectivity index (χ1n) is 7.09. The van der Waals surface area contributed by atoms with E-state index in [9.17, 15) is 0 Å². The molecule has 1 aromatic carbocycles. The maximum absolute atomic E-state index is 5.64. The van der Waals surface area contributed by atoms with E-state index in [1.807, 2.05) is 6.92 Å². The van der Waals surface area contributed by atoms with Crippen LogP contribution in [0, 0.1) is 0 Å². The van der Waals surface area contributed by atoms with Crippen LogP contribution in [0.4, 0.5) is 0 Å². The van der Waals surface area contributed by atoms with Gasteiger partial charge in [0, 0.05) is 19.1 Å². The molecule has 1 atom stereocenters. The minimum atomic E-state index is 0.539. The molecule has 1 saturated heterocycles. The normalized spacial score (nSPS) is 23.9. The Morgan fingerprint density at radius 1 is 1.33 bits per heavy atom. The van der Waals surface area contributed by atoms with Crippen LogP contribution in [-0.4, -0.2) is 31.1 Å². The molecule has 18 heavy (non-hydrogen) atoms. The summed E-state index contributed by atoms with van der Waals surface area (Å²) in [6, 6.07) is 7.10. The summed E-state index contributed by atoms with van der Waals surface area (Å²) in [5.74, 6) is 1.02. The number of benzene rings is 1. The van der Waals surface area contributed by atoms with Gasteiger partial charge in [0.05, 0.1) is 6.61 Å². The van der Waals surface area contributed by atoms with Crippen LogP contribution in [-0.2, 0) is 6.54 Å². The van der Waals surface area contributed by atoms with Crippen LogP contribution in [0.3, 0.4) is 0 Å². The minimum Gasteiger partial charge on any atom is -0.494 e. The number of likely N-dealkylation sites (tertiary alicyclic amines) is 1. The van der Waals surface area contributed by atoms with Crippen LogP contribution in [0.25, 0.3) is 0 Å². The predicted molar refractivity (Wildman–Crippen MR) is 72.9 cm³/mol. The molecule has 2 aliphatic rings. The summed E-state index contributed by atoms with van der Waals surface area (Å²) < 4.78 is 5.64. The largest absolute Gasteiger partial charge is 0.494 e. The van der Waals surface area contributed by atoms with Crippen molar-refractivity contribution in [1.82, 2.24) is 10.2 Å². The van der Waals surface area contributed by atoms with Gasteiger partial charge in [0.1, 0.15) is 5.75 Å². The summed E-state index contributed by atoms with van der Waals surface area (Å²) in [6.07, 6.45) is 2.69. The molecule has 2 aliphatic heterocycles. The highest BCUT2D eigenvalue weighted by Crippen LogP contribution is 2.32. The SMILES string of the molecule is CCOc1ccc2c(c1)[C@H](N1CCCC1)CNC2. The summed E-state index contributed by atoms with van der Waals surface area (Å²) >= 11 is 0. The summed E-state index contributed by atoms with van der Waals surface area (Å²) in [7, 11) is 0. The van der Waals surface area contributed by atoms with Gasteiger partial charge in [-0.05, 0) is 56.1 Å². The first kappa shape index (κ1) is 12.0. The van der Waals surface area contributed by atoms with Crippen molar-refractivity contribution in [3.8, 4) is 5.75 Å². The van der Waals surface area contributed by atoms with Gasteiger partial charge in [-0.25, -0.2) is 0 Å². The third kappa shape index (κ3) is 2.25. The van der Waals surface area contributed by atoms with E-state index >= 15 is 0 Å². The summed E-state index contributed by atoms with van der Waals surface area (Å²) in [6.45, 7) is 7.33. The van der Waals surface area contributed by atoms with Crippen LogP contribution in [0.5, 0.6) is 5.75 Å². The van der Waals surface area contributed by atoms with Gasteiger partial charge < -0.3 is 10.1 Å². The molecule has 0 aromatic heterocycles. The highest BCUT2D eigenvalue weighted by Gasteiger charge is 2.27. The minimum absolute atomic E-state index is 0.539. The molecule has 3 heteroatoms. The van der Waals surface area contributed by atoms with Gasteiger partial charge in [-0.1, -0.05) is 6.07 Å². The van der Waals surface area contributed by atoms with E-state index in [1.54, 1.807) is 0 Å². The molecule has 98 valence electrons. The number of nitrogens with zero attached hydrogens (tertiary/aromatic N) is 1. The third-order valence-corrected chi connectivity index (χ3v) is 4.02. The fourth-order valence-corrected chi connectivity index (χ4v) is 3.13. The Morgan fingerprint density at radius 2 is 2.17 bits per heavy atom. The molecule has 0 bridgehead atoms. The molecule has 0 spiro atoms. The van der Waals surface area contributed by atoms with Gasteiger partial charge in [-0.3, -0.25) is 4.90 Å². The zero-order chi connectivity index (χ0) is 12.4. The Bertz CT molecular complexity index is 413. The van der Waals surface area contributed by atoms with Crippen LogP contribution >= 0.6 is 0 Å². The molecule has 1 fully saturated rings. The van der Waals surface area contributed by atoms with Crippen molar-refractivity contribution in [2.45, 2.75) is 32.4 Å². The molecular formula is C15H22N2O. The zero-order valence-corrected chi connectivity index (χ0v) is 11.1. The van der Waals surface area contributed by atoms with E-state index in [-0.39, 0.29) is 0 Å². The van der Waals surface area contributed by atoms with Crippen LogP contribution in [0.15, 0.2) is 18.2 Å². The van der Waals surface area contributed by atoms with E-state index in [1.165, 1.54) is 37.1 Å². The fraction of sp³-hybridized carbons (Fsp3) is 0.600. The van der Waals surface area contributed by atoms with Crippen molar-refractivity contribution < 1.29 is 4.74 Å². The first-order chi connectivity index (χ1) is 8.88. The number of hydrogen-bond donors (Lipinski definition) is 1. The Kier molecular flexibility index (Phi) is 3.52. The molecule has 3 nitrogen and oxygen atoms in total. The van der Waals surface area contributed by atoms with E-state index in [4.69, 9.17) is 4.74 Å². The number of rotatable bonds is 3. The Labute approximate surface area is 109 Å². The quantitative estimate of drug-likeness (QED) is 0.886. The lowest BCUT2D eigenvalue weighted by molar-refractivity contribution is 0.227. The van der Waals surface area contributed by atoms with E-state index in [0.717, 1.165) is 25.4 Å². The van der Waals surface area contributed by atoms with Gasteiger partial charge in [-0.2, -0.15) is 0 Å². The highest BCUT2D eigenvalue weighted by molar-refractivity contribution is 5.39. The van der Waals surface area contributed by atoms with Gasteiger partial charge >= 0.3 is 0 Å². The molecule has 2 heterocycles. The molecule has 1 N–H and O–H groups in total. The average molecular weight is 246 g/mol. The first-order valence-corrected chi connectivity index (χ1v) is 7.09. The van der Waals surface area contributed by atoms with Crippen molar-refractivity contribution >= 4 is 0 Å². The second kappa shape index (κ2) is 5.29.